The lowest BCUT2D eigenvalue weighted by Crippen LogP contribution is -1.88. The van der Waals surface area contributed by atoms with Crippen molar-refractivity contribution < 1.29 is 18.7 Å². The molecule has 5 nitrogen and oxygen atoms in total. The first-order valence-electron chi connectivity index (χ1n) is 8.20. The van der Waals surface area contributed by atoms with Gasteiger partial charge in [0.15, 0.2) is 17.1 Å². The van der Waals surface area contributed by atoms with Gasteiger partial charge in [0, 0.05) is 17.3 Å². The highest BCUT2D eigenvalue weighted by atomic mass is 19.1. The molecule has 0 saturated heterocycles. The molecular weight excluding hydrogens is 347 g/mol. The summed E-state index contributed by atoms with van der Waals surface area (Å²) < 4.78 is 24.2. The van der Waals surface area contributed by atoms with E-state index in [9.17, 15) is 9.50 Å². The van der Waals surface area contributed by atoms with Crippen LogP contribution in [-0.4, -0.2) is 23.4 Å². The second-order valence-corrected chi connectivity index (χ2v) is 5.84. The molecule has 27 heavy (non-hydrogen) atoms. The van der Waals surface area contributed by atoms with Gasteiger partial charge in [0.05, 0.1) is 12.8 Å². The van der Waals surface area contributed by atoms with Crippen LogP contribution in [0.15, 0.2) is 70.1 Å². The summed E-state index contributed by atoms with van der Waals surface area (Å²) in [5.41, 5.74) is 2.94. The molecule has 1 N–H and O–H groups in total. The molecule has 0 amide bonds. The lowest BCUT2D eigenvalue weighted by molar-refractivity contribution is 0.373. The van der Waals surface area contributed by atoms with Gasteiger partial charge in [-0.3, -0.25) is 4.99 Å². The van der Waals surface area contributed by atoms with Gasteiger partial charge in [-0.1, -0.05) is 12.1 Å². The number of methoxy groups -OCH3 is 1. The fourth-order valence-corrected chi connectivity index (χ4v) is 2.69. The predicted octanol–water partition coefficient (Wildman–Crippen LogP) is 5.10. The zero-order valence-corrected chi connectivity index (χ0v) is 14.4. The molecule has 0 aliphatic rings. The van der Waals surface area contributed by atoms with E-state index in [2.05, 4.69) is 9.98 Å². The van der Waals surface area contributed by atoms with Crippen LogP contribution in [0.4, 0.5) is 10.1 Å². The van der Waals surface area contributed by atoms with Gasteiger partial charge in [-0.05, 0) is 48.5 Å². The minimum Gasteiger partial charge on any atom is -0.504 e. The number of fused-ring (bicyclic) bond motifs is 1. The van der Waals surface area contributed by atoms with Gasteiger partial charge in [-0.25, -0.2) is 9.37 Å². The average Bonchev–Trinajstić information content (AvgIpc) is 3.10. The highest BCUT2D eigenvalue weighted by Gasteiger charge is 2.10. The lowest BCUT2D eigenvalue weighted by Gasteiger charge is -2.04. The standard InChI is InChI=1S/C21H15FN2O3/c1-26-19-7-3-5-14(20(19)25)12-23-16-8-9-18-17(11-16)24-21(27-18)13-4-2-6-15(22)10-13/h2-12,25H,1H3. The summed E-state index contributed by atoms with van der Waals surface area (Å²) in [5, 5.41) is 10.1. The molecule has 0 bridgehead atoms. The van der Waals surface area contributed by atoms with Crippen LogP contribution in [0.3, 0.4) is 0 Å². The molecule has 1 aromatic heterocycles. The number of hydrogen-bond donors (Lipinski definition) is 1. The number of ether oxygens (including phenoxy) is 1. The Hall–Kier alpha value is -3.67. The van der Waals surface area contributed by atoms with Gasteiger partial charge in [-0.15, -0.1) is 0 Å². The van der Waals surface area contributed by atoms with E-state index in [1.165, 1.54) is 19.2 Å². The van der Waals surface area contributed by atoms with Crippen LogP contribution < -0.4 is 4.74 Å². The maximum absolute atomic E-state index is 13.4. The molecule has 134 valence electrons. The van der Waals surface area contributed by atoms with E-state index >= 15 is 0 Å². The van der Waals surface area contributed by atoms with E-state index in [4.69, 9.17) is 9.15 Å². The number of para-hydroxylation sites is 1. The van der Waals surface area contributed by atoms with Gasteiger partial charge in [0.25, 0.3) is 0 Å². The lowest BCUT2D eigenvalue weighted by atomic mass is 10.2. The molecule has 4 rings (SSSR count). The molecular formula is C21H15FN2O3. The molecule has 0 saturated carbocycles. The fraction of sp³-hybridized carbons (Fsp3) is 0.0476. The van der Waals surface area contributed by atoms with Crippen molar-refractivity contribution in [2.75, 3.05) is 7.11 Å². The Balaban J connectivity index is 1.66. The second kappa shape index (κ2) is 6.92. The predicted molar refractivity (Wildman–Crippen MR) is 101 cm³/mol. The van der Waals surface area contributed by atoms with Crippen molar-refractivity contribution >= 4 is 23.0 Å². The van der Waals surface area contributed by atoms with Crippen LogP contribution in [-0.2, 0) is 0 Å². The second-order valence-electron chi connectivity index (χ2n) is 5.84. The van der Waals surface area contributed by atoms with E-state index in [1.807, 2.05) is 0 Å². The van der Waals surface area contributed by atoms with Gasteiger partial charge < -0.3 is 14.3 Å². The van der Waals surface area contributed by atoms with Crippen molar-refractivity contribution in [3.05, 3.63) is 72.0 Å². The minimum absolute atomic E-state index is 0.0275. The number of rotatable bonds is 4. The first kappa shape index (κ1) is 16.8. The Morgan fingerprint density at radius 2 is 1.96 bits per heavy atom. The molecule has 0 aliphatic carbocycles. The number of phenolic OH excluding ortho intramolecular Hbond substituents is 1. The number of halogens is 1. The van der Waals surface area contributed by atoms with E-state index in [0.717, 1.165) is 0 Å². The Morgan fingerprint density at radius 1 is 1.11 bits per heavy atom. The Bertz CT molecular complexity index is 1150. The summed E-state index contributed by atoms with van der Waals surface area (Å²) in [5.74, 6) is 0.402. The number of benzene rings is 3. The van der Waals surface area contributed by atoms with Crippen LogP contribution in [0.25, 0.3) is 22.6 Å². The van der Waals surface area contributed by atoms with Gasteiger partial charge in [-0.2, -0.15) is 0 Å². The highest BCUT2D eigenvalue weighted by Crippen LogP contribution is 2.30. The zero-order chi connectivity index (χ0) is 18.8. The smallest absolute Gasteiger partial charge is 0.227 e. The maximum Gasteiger partial charge on any atom is 0.227 e. The third-order valence-electron chi connectivity index (χ3n) is 4.05. The Morgan fingerprint density at radius 3 is 2.78 bits per heavy atom. The quantitative estimate of drug-likeness (QED) is 0.513. The first-order valence-corrected chi connectivity index (χ1v) is 8.20. The summed E-state index contributed by atoms with van der Waals surface area (Å²) in [4.78, 5) is 8.78. The monoisotopic (exact) mass is 362 g/mol. The zero-order valence-electron chi connectivity index (χ0n) is 14.4. The van der Waals surface area contributed by atoms with Crippen LogP contribution >= 0.6 is 0 Å². The van der Waals surface area contributed by atoms with Crippen LogP contribution in [0.5, 0.6) is 11.5 Å². The van der Waals surface area contributed by atoms with Crippen molar-refractivity contribution in [1.29, 1.82) is 0 Å². The Kier molecular flexibility index (Phi) is 4.30. The van der Waals surface area contributed by atoms with E-state index in [1.54, 1.807) is 54.7 Å². The van der Waals surface area contributed by atoms with Crippen molar-refractivity contribution in [2.24, 2.45) is 4.99 Å². The third-order valence-corrected chi connectivity index (χ3v) is 4.05. The molecule has 6 heteroatoms. The number of nitrogens with zero attached hydrogens (tertiary/aromatic N) is 2. The SMILES string of the molecule is COc1cccc(C=Nc2ccc3oc(-c4cccc(F)c4)nc3c2)c1O. The average molecular weight is 362 g/mol. The first-order chi connectivity index (χ1) is 13.1. The largest absolute Gasteiger partial charge is 0.504 e. The third kappa shape index (κ3) is 3.37. The number of aromatic nitrogens is 1. The van der Waals surface area contributed by atoms with Crippen molar-refractivity contribution in [1.82, 2.24) is 4.98 Å². The summed E-state index contributed by atoms with van der Waals surface area (Å²) in [6.07, 6.45) is 1.55. The van der Waals surface area contributed by atoms with Crippen LogP contribution in [0, 0.1) is 5.82 Å². The van der Waals surface area contributed by atoms with Crippen LogP contribution in [0.1, 0.15) is 5.56 Å². The topological polar surface area (TPSA) is 67.9 Å². The molecule has 0 radical (unpaired) electrons. The number of hydrogen-bond acceptors (Lipinski definition) is 5. The summed E-state index contributed by atoms with van der Waals surface area (Å²) in [6, 6.07) is 16.5. The molecule has 0 unspecified atom stereocenters. The molecule has 0 spiro atoms. The summed E-state index contributed by atoms with van der Waals surface area (Å²) in [6.45, 7) is 0. The minimum atomic E-state index is -0.349. The number of aliphatic imine (C=N–C) groups is 1. The van der Waals surface area contributed by atoms with E-state index < -0.39 is 0 Å². The van der Waals surface area contributed by atoms with E-state index in [0.29, 0.717) is 39.6 Å². The van der Waals surface area contributed by atoms with Crippen molar-refractivity contribution in [3.63, 3.8) is 0 Å². The fourth-order valence-electron chi connectivity index (χ4n) is 2.69. The van der Waals surface area contributed by atoms with Crippen molar-refractivity contribution in [2.45, 2.75) is 0 Å². The van der Waals surface area contributed by atoms with E-state index in [-0.39, 0.29) is 11.6 Å². The molecule has 3 aromatic carbocycles. The number of oxazole rings is 1. The molecule has 0 aliphatic heterocycles. The molecule has 4 aromatic rings. The summed E-state index contributed by atoms with van der Waals surface area (Å²) in [7, 11) is 1.49. The highest BCUT2D eigenvalue weighted by molar-refractivity contribution is 5.88. The molecule has 1 heterocycles. The molecule has 0 atom stereocenters. The number of phenols is 1. The number of aromatic hydroxyl groups is 1. The summed E-state index contributed by atoms with van der Waals surface area (Å²) >= 11 is 0. The van der Waals surface area contributed by atoms with Gasteiger partial charge in [0.1, 0.15) is 11.3 Å². The van der Waals surface area contributed by atoms with Gasteiger partial charge in [0.2, 0.25) is 5.89 Å². The van der Waals surface area contributed by atoms with Crippen molar-refractivity contribution in [3.8, 4) is 23.0 Å². The van der Waals surface area contributed by atoms with Gasteiger partial charge >= 0.3 is 0 Å². The maximum atomic E-state index is 13.4. The van der Waals surface area contributed by atoms with Crippen LogP contribution in [0.2, 0.25) is 0 Å². The Labute approximate surface area is 154 Å². The molecule has 0 fully saturated rings. The normalized spacial score (nSPS) is 11.3.